The Hall–Kier alpha value is -0.850. The summed E-state index contributed by atoms with van der Waals surface area (Å²) in [5, 5.41) is -0.291. The van der Waals surface area contributed by atoms with E-state index < -0.39 is 20.7 Å². The van der Waals surface area contributed by atoms with Crippen molar-refractivity contribution in [2.24, 2.45) is 11.8 Å². The molecule has 0 radical (unpaired) electrons. The van der Waals surface area contributed by atoms with Crippen LogP contribution >= 0.6 is 11.6 Å². The molecule has 1 aromatic rings. The molecule has 0 aliphatic heterocycles. The van der Waals surface area contributed by atoms with Gasteiger partial charge >= 0.3 is 0 Å². The smallest absolute Gasteiger partial charge is 0.243 e. The largest absolute Gasteiger partial charge is 0.399 e. The number of anilines is 1. The highest BCUT2D eigenvalue weighted by atomic mass is 35.5. The van der Waals surface area contributed by atoms with Gasteiger partial charge in [0, 0.05) is 11.7 Å². The third-order valence-corrected chi connectivity index (χ3v) is 5.60. The summed E-state index contributed by atoms with van der Waals surface area (Å²) in [6.07, 6.45) is 2.58. The second-order valence-electron chi connectivity index (χ2n) is 6.05. The van der Waals surface area contributed by atoms with Gasteiger partial charge in [0.05, 0.1) is 5.02 Å². The third-order valence-electron chi connectivity index (χ3n) is 3.81. The van der Waals surface area contributed by atoms with Crippen LogP contribution in [0.5, 0.6) is 0 Å². The SMILES string of the molecule is CC1CC(C)CC(NS(=O)(=O)c2cc(N)cc(Cl)c2F)C1. The molecule has 1 aliphatic carbocycles. The number of nitrogens with two attached hydrogens (primary N) is 1. The normalized spacial score (nSPS) is 26.8. The Balaban J connectivity index is 2.27. The zero-order chi connectivity index (χ0) is 15.8. The fourth-order valence-corrected chi connectivity index (χ4v) is 4.78. The van der Waals surface area contributed by atoms with Gasteiger partial charge in [0.25, 0.3) is 0 Å². The van der Waals surface area contributed by atoms with E-state index >= 15 is 0 Å². The Morgan fingerprint density at radius 1 is 1.24 bits per heavy atom. The monoisotopic (exact) mass is 334 g/mol. The van der Waals surface area contributed by atoms with Crippen LogP contribution < -0.4 is 10.5 Å². The van der Waals surface area contributed by atoms with Crippen molar-refractivity contribution < 1.29 is 12.8 Å². The quantitative estimate of drug-likeness (QED) is 0.834. The molecule has 118 valence electrons. The van der Waals surface area contributed by atoms with Gasteiger partial charge in [-0.3, -0.25) is 0 Å². The number of nitrogen functional groups attached to an aromatic ring is 1. The van der Waals surface area contributed by atoms with Crippen molar-refractivity contribution in [3.63, 3.8) is 0 Å². The van der Waals surface area contributed by atoms with Crippen LogP contribution in [0.3, 0.4) is 0 Å². The van der Waals surface area contributed by atoms with Gasteiger partial charge in [0.2, 0.25) is 10.0 Å². The minimum absolute atomic E-state index is 0.118. The molecule has 0 saturated heterocycles. The number of halogens is 2. The summed E-state index contributed by atoms with van der Waals surface area (Å²) in [5.41, 5.74) is 5.68. The van der Waals surface area contributed by atoms with Gasteiger partial charge in [-0.1, -0.05) is 25.4 Å². The van der Waals surface area contributed by atoms with Crippen LogP contribution in [0.2, 0.25) is 5.02 Å². The van der Waals surface area contributed by atoms with Gasteiger partial charge in [-0.25, -0.2) is 17.5 Å². The zero-order valence-corrected chi connectivity index (χ0v) is 13.6. The summed E-state index contributed by atoms with van der Waals surface area (Å²) < 4.78 is 41.3. The predicted molar refractivity (Wildman–Crippen MR) is 82.1 cm³/mol. The molecule has 1 fully saturated rings. The molecule has 2 unspecified atom stereocenters. The number of nitrogens with one attached hydrogen (secondary N) is 1. The molecule has 2 rings (SSSR count). The standard InChI is InChI=1S/C14H20ClFN2O2S/c1-8-3-9(2)5-11(4-8)18-21(19,20)13-7-10(17)6-12(15)14(13)16/h6-9,11,18H,3-5,17H2,1-2H3. The average molecular weight is 335 g/mol. The molecule has 0 heterocycles. The molecule has 2 atom stereocenters. The minimum atomic E-state index is -3.97. The van der Waals surface area contributed by atoms with E-state index in [0.29, 0.717) is 11.8 Å². The van der Waals surface area contributed by atoms with E-state index in [1.54, 1.807) is 0 Å². The first kappa shape index (κ1) is 16.5. The summed E-state index contributed by atoms with van der Waals surface area (Å²) in [4.78, 5) is -0.488. The molecular formula is C14H20ClFN2O2S. The van der Waals surface area contributed by atoms with E-state index in [9.17, 15) is 12.8 Å². The van der Waals surface area contributed by atoms with Crippen molar-refractivity contribution in [3.8, 4) is 0 Å². The van der Waals surface area contributed by atoms with Gasteiger partial charge < -0.3 is 5.73 Å². The van der Waals surface area contributed by atoms with Crippen LogP contribution in [0, 0.1) is 17.7 Å². The first-order chi connectivity index (χ1) is 9.69. The summed E-state index contributed by atoms with van der Waals surface area (Å²) in [7, 11) is -3.97. The molecule has 21 heavy (non-hydrogen) atoms. The molecule has 0 amide bonds. The number of benzene rings is 1. The lowest BCUT2D eigenvalue weighted by molar-refractivity contribution is 0.257. The Morgan fingerprint density at radius 2 is 1.81 bits per heavy atom. The summed E-state index contributed by atoms with van der Waals surface area (Å²) >= 11 is 5.67. The second kappa shape index (κ2) is 6.10. The Labute approximate surface area is 129 Å². The Bertz CT molecular complexity index is 626. The van der Waals surface area contributed by atoms with Crippen LogP contribution in [-0.4, -0.2) is 14.5 Å². The van der Waals surface area contributed by atoms with Crippen molar-refractivity contribution in [1.29, 1.82) is 0 Å². The van der Waals surface area contributed by atoms with Crippen LogP contribution in [0.15, 0.2) is 17.0 Å². The molecule has 3 N–H and O–H groups in total. The van der Waals surface area contributed by atoms with Gasteiger partial charge in [-0.15, -0.1) is 0 Å². The van der Waals surface area contributed by atoms with E-state index in [0.717, 1.165) is 25.3 Å². The van der Waals surface area contributed by atoms with E-state index in [1.807, 2.05) is 0 Å². The first-order valence-corrected chi connectivity index (χ1v) is 8.82. The lowest BCUT2D eigenvalue weighted by Gasteiger charge is -2.31. The number of hydrogen-bond acceptors (Lipinski definition) is 3. The minimum Gasteiger partial charge on any atom is -0.399 e. The Morgan fingerprint density at radius 3 is 2.38 bits per heavy atom. The van der Waals surface area contributed by atoms with Gasteiger partial charge in [-0.2, -0.15) is 0 Å². The molecule has 7 heteroatoms. The summed E-state index contributed by atoms with van der Waals surface area (Å²) in [6.45, 7) is 4.18. The predicted octanol–water partition coefficient (Wildman–Crippen LogP) is 3.16. The van der Waals surface area contributed by atoms with Crippen molar-refractivity contribution in [2.45, 2.75) is 44.0 Å². The van der Waals surface area contributed by atoms with Crippen molar-refractivity contribution in [1.82, 2.24) is 4.72 Å². The zero-order valence-electron chi connectivity index (χ0n) is 12.1. The lowest BCUT2D eigenvalue weighted by Crippen LogP contribution is -2.40. The number of sulfonamides is 1. The Kier molecular flexibility index (Phi) is 4.80. The number of rotatable bonds is 3. The van der Waals surface area contributed by atoms with Gasteiger partial charge in [0.1, 0.15) is 4.90 Å². The maximum atomic E-state index is 14.0. The highest BCUT2D eigenvalue weighted by molar-refractivity contribution is 7.89. The second-order valence-corrected chi connectivity index (χ2v) is 8.14. The van der Waals surface area contributed by atoms with E-state index in [1.165, 1.54) is 6.07 Å². The average Bonchev–Trinajstić information content (AvgIpc) is 2.31. The maximum absolute atomic E-state index is 14.0. The molecule has 0 spiro atoms. The van der Waals surface area contributed by atoms with Crippen LogP contribution in [0.25, 0.3) is 0 Å². The van der Waals surface area contributed by atoms with E-state index in [2.05, 4.69) is 18.6 Å². The molecule has 0 aromatic heterocycles. The highest BCUT2D eigenvalue weighted by Crippen LogP contribution is 2.31. The molecule has 1 aromatic carbocycles. The molecule has 4 nitrogen and oxygen atoms in total. The summed E-state index contributed by atoms with van der Waals surface area (Å²) in [6, 6.07) is 2.10. The maximum Gasteiger partial charge on any atom is 0.243 e. The highest BCUT2D eigenvalue weighted by Gasteiger charge is 2.30. The van der Waals surface area contributed by atoms with Gasteiger partial charge in [0.15, 0.2) is 5.82 Å². The van der Waals surface area contributed by atoms with E-state index in [4.69, 9.17) is 17.3 Å². The van der Waals surface area contributed by atoms with Crippen molar-refractivity contribution >= 4 is 27.3 Å². The van der Waals surface area contributed by atoms with Crippen LogP contribution in [-0.2, 0) is 10.0 Å². The van der Waals surface area contributed by atoms with Crippen LogP contribution in [0.4, 0.5) is 10.1 Å². The molecule has 1 saturated carbocycles. The molecular weight excluding hydrogens is 315 g/mol. The fraction of sp³-hybridized carbons (Fsp3) is 0.571. The first-order valence-electron chi connectivity index (χ1n) is 6.96. The lowest BCUT2D eigenvalue weighted by atomic mass is 9.81. The van der Waals surface area contributed by atoms with Crippen molar-refractivity contribution in [3.05, 3.63) is 23.0 Å². The topological polar surface area (TPSA) is 72.2 Å². The van der Waals surface area contributed by atoms with E-state index in [-0.39, 0.29) is 16.8 Å². The number of hydrogen-bond donors (Lipinski definition) is 2. The molecule has 1 aliphatic rings. The van der Waals surface area contributed by atoms with Gasteiger partial charge in [-0.05, 0) is 43.2 Å². The van der Waals surface area contributed by atoms with Crippen LogP contribution in [0.1, 0.15) is 33.1 Å². The van der Waals surface area contributed by atoms with Crippen molar-refractivity contribution in [2.75, 3.05) is 5.73 Å². The summed E-state index contributed by atoms with van der Waals surface area (Å²) in [5.74, 6) is -0.0817. The molecule has 0 bridgehead atoms. The third kappa shape index (κ3) is 3.87. The fourth-order valence-electron chi connectivity index (χ4n) is 3.11.